The highest BCUT2D eigenvalue weighted by Crippen LogP contribution is 2.38. The van der Waals surface area contributed by atoms with Gasteiger partial charge in [0.1, 0.15) is 13.1 Å². The number of anilines is 2. The van der Waals surface area contributed by atoms with Crippen LogP contribution in [-0.2, 0) is 24.8 Å². The largest absolute Gasteiger partial charge is 0.480 e. The molecule has 220 valence electrons. The second-order valence-corrected chi connectivity index (χ2v) is 12.5. The van der Waals surface area contributed by atoms with Crippen molar-refractivity contribution in [2.75, 3.05) is 21.7 Å². The molecule has 0 aliphatic heterocycles. The molecule has 0 saturated heterocycles. The number of pyridine rings is 1. The number of hydrogen-bond acceptors (Lipinski definition) is 8. The molecule has 0 spiro atoms. The van der Waals surface area contributed by atoms with Crippen LogP contribution < -0.4 is 8.61 Å². The van der Waals surface area contributed by atoms with Gasteiger partial charge in [0, 0.05) is 10.8 Å². The van der Waals surface area contributed by atoms with Crippen LogP contribution in [-0.4, -0.2) is 52.2 Å². The molecule has 43 heavy (non-hydrogen) atoms. The van der Waals surface area contributed by atoms with Crippen molar-refractivity contribution in [2.24, 2.45) is 0 Å². The minimum atomic E-state index is -5.03. The number of rotatable bonds is 9. The average Bonchev–Trinajstić information content (AvgIpc) is 2.97. The van der Waals surface area contributed by atoms with Crippen LogP contribution in [0.25, 0.3) is 10.8 Å². The highest BCUT2D eigenvalue weighted by Gasteiger charge is 2.39. The second-order valence-electron chi connectivity index (χ2n) is 8.82. The standard InChI is InChI=1S/C27H18F3N5O6S2/c28-27(29,30)17-35(43(40,41)21-11-7-19(14-32)8-12-21)24-15-33-26(23-4-2-1-3-22(23)24)34(16-25(36)37)42(38,39)20-9-5-18(13-31)6-10-20/h1-12,15H,16-17H2,(H,36,37). The Morgan fingerprint density at radius 2 is 1.26 bits per heavy atom. The lowest BCUT2D eigenvalue weighted by atomic mass is 10.1. The molecule has 3 aromatic carbocycles. The first-order chi connectivity index (χ1) is 20.2. The van der Waals surface area contributed by atoms with Crippen molar-refractivity contribution in [1.29, 1.82) is 10.5 Å². The van der Waals surface area contributed by atoms with E-state index in [9.17, 15) is 39.9 Å². The van der Waals surface area contributed by atoms with Gasteiger partial charge in [0.05, 0.1) is 44.9 Å². The van der Waals surface area contributed by atoms with E-state index in [-0.39, 0.29) is 26.2 Å². The van der Waals surface area contributed by atoms with Crippen LogP contribution in [0.4, 0.5) is 24.7 Å². The van der Waals surface area contributed by atoms with E-state index in [0.717, 1.165) is 36.4 Å². The van der Waals surface area contributed by atoms with Crippen LogP contribution in [0.5, 0.6) is 0 Å². The number of sulfonamides is 2. The number of aromatic nitrogens is 1. The Balaban J connectivity index is 1.95. The summed E-state index contributed by atoms with van der Waals surface area (Å²) in [6.45, 7) is -3.13. The molecule has 0 saturated carbocycles. The Morgan fingerprint density at radius 1 is 0.791 bits per heavy atom. The maximum Gasteiger partial charge on any atom is 0.407 e. The van der Waals surface area contributed by atoms with Gasteiger partial charge < -0.3 is 5.11 Å². The molecule has 0 amide bonds. The third-order valence-corrected chi connectivity index (χ3v) is 9.53. The number of fused-ring (bicyclic) bond motifs is 1. The molecule has 0 aliphatic rings. The van der Waals surface area contributed by atoms with E-state index in [2.05, 4.69) is 4.98 Å². The van der Waals surface area contributed by atoms with E-state index in [0.29, 0.717) is 10.5 Å². The summed E-state index contributed by atoms with van der Waals surface area (Å²) in [7, 11) is -9.59. The van der Waals surface area contributed by atoms with Gasteiger partial charge in [0.25, 0.3) is 20.0 Å². The molecule has 0 fully saturated rings. The number of aliphatic carboxylic acids is 1. The SMILES string of the molecule is N#Cc1ccc(S(=O)(=O)N(CC(F)(F)F)c2cnc(N(CC(=O)O)S(=O)(=O)c3ccc(C#N)cc3)c3ccccc23)cc1. The summed E-state index contributed by atoms with van der Waals surface area (Å²) in [5.74, 6) is -2.08. The molecule has 0 radical (unpaired) electrons. The van der Waals surface area contributed by atoms with Crippen LogP contribution in [0.15, 0.2) is 88.8 Å². The van der Waals surface area contributed by atoms with Gasteiger partial charge in [0.2, 0.25) is 0 Å². The predicted octanol–water partition coefficient (Wildman–Crippen LogP) is 4.02. The number of carbonyl (C=O) groups is 1. The van der Waals surface area contributed by atoms with Crippen LogP contribution in [0, 0.1) is 22.7 Å². The number of nitrogens with zero attached hydrogens (tertiary/aromatic N) is 5. The summed E-state index contributed by atoms with van der Waals surface area (Å²) < 4.78 is 96.0. The fourth-order valence-corrected chi connectivity index (χ4v) is 6.92. The highest BCUT2D eigenvalue weighted by molar-refractivity contribution is 7.93. The summed E-state index contributed by atoms with van der Waals surface area (Å²) >= 11 is 0. The Bertz CT molecular complexity index is 2000. The van der Waals surface area contributed by atoms with E-state index in [1.54, 1.807) is 6.07 Å². The van der Waals surface area contributed by atoms with Gasteiger partial charge in [0.15, 0.2) is 5.82 Å². The molecule has 1 heterocycles. The minimum absolute atomic E-state index is 0.0597. The smallest absolute Gasteiger partial charge is 0.407 e. The van der Waals surface area contributed by atoms with Gasteiger partial charge in [-0.15, -0.1) is 0 Å². The predicted molar refractivity (Wildman–Crippen MR) is 147 cm³/mol. The number of alkyl halides is 3. The third-order valence-electron chi connectivity index (χ3n) is 6.00. The fourth-order valence-electron chi connectivity index (χ4n) is 4.08. The van der Waals surface area contributed by atoms with Gasteiger partial charge in [-0.1, -0.05) is 24.3 Å². The first kappa shape index (κ1) is 30.8. The lowest BCUT2D eigenvalue weighted by molar-refractivity contribution is -0.135. The zero-order chi connectivity index (χ0) is 31.6. The molecular weight excluding hydrogens is 611 g/mol. The van der Waals surface area contributed by atoms with Gasteiger partial charge in [-0.2, -0.15) is 23.7 Å². The summed E-state index contributed by atoms with van der Waals surface area (Å²) in [4.78, 5) is 14.8. The molecule has 16 heteroatoms. The van der Waals surface area contributed by atoms with E-state index < -0.39 is 66.6 Å². The first-order valence-electron chi connectivity index (χ1n) is 11.9. The molecule has 0 unspecified atom stereocenters. The molecule has 0 aliphatic carbocycles. The topological polar surface area (TPSA) is 173 Å². The molecule has 4 aromatic rings. The second kappa shape index (κ2) is 11.6. The van der Waals surface area contributed by atoms with Crippen molar-refractivity contribution < 1.29 is 39.9 Å². The Labute approximate surface area is 243 Å². The van der Waals surface area contributed by atoms with Crippen molar-refractivity contribution in [1.82, 2.24) is 4.98 Å². The van der Waals surface area contributed by atoms with E-state index in [1.807, 2.05) is 6.07 Å². The molecule has 0 bridgehead atoms. The summed E-state index contributed by atoms with van der Waals surface area (Å²) in [5, 5.41) is 27.2. The van der Waals surface area contributed by atoms with Crippen LogP contribution in [0.2, 0.25) is 0 Å². The van der Waals surface area contributed by atoms with Crippen LogP contribution in [0.3, 0.4) is 0 Å². The monoisotopic (exact) mass is 629 g/mol. The lowest BCUT2D eigenvalue weighted by Crippen LogP contribution is -2.39. The lowest BCUT2D eigenvalue weighted by Gasteiger charge is -2.28. The Morgan fingerprint density at radius 3 is 1.70 bits per heavy atom. The quantitative estimate of drug-likeness (QED) is 0.287. The zero-order valence-corrected chi connectivity index (χ0v) is 23.2. The van der Waals surface area contributed by atoms with Crippen molar-refractivity contribution in [3.63, 3.8) is 0 Å². The number of benzene rings is 3. The number of hydrogen-bond donors (Lipinski definition) is 1. The summed E-state index contributed by atoms with van der Waals surface area (Å²) in [5.41, 5.74) is -0.364. The summed E-state index contributed by atoms with van der Waals surface area (Å²) in [6.07, 6.45) is -4.32. The third kappa shape index (κ3) is 6.35. The Hall–Kier alpha value is -5.19. The molecule has 4 rings (SSSR count). The normalized spacial score (nSPS) is 11.8. The number of carboxylic acid groups (broad SMARTS) is 1. The van der Waals surface area contributed by atoms with Gasteiger partial charge in [-0.25, -0.2) is 26.1 Å². The van der Waals surface area contributed by atoms with E-state index in [4.69, 9.17) is 10.5 Å². The molecule has 1 aromatic heterocycles. The highest BCUT2D eigenvalue weighted by atomic mass is 32.2. The Kier molecular flexibility index (Phi) is 8.29. The maximum atomic E-state index is 13.8. The first-order valence-corrected chi connectivity index (χ1v) is 14.8. The minimum Gasteiger partial charge on any atom is -0.480 e. The zero-order valence-electron chi connectivity index (χ0n) is 21.6. The number of halogens is 3. The number of carboxylic acids is 1. The average molecular weight is 630 g/mol. The number of nitriles is 2. The van der Waals surface area contributed by atoms with Crippen molar-refractivity contribution in [3.8, 4) is 12.1 Å². The van der Waals surface area contributed by atoms with Gasteiger partial charge >= 0.3 is 12.1 Å². The molecule has 0 atom stereocenters. The van der Waals surface area contributed by atoms with E-state index >= 15 is 0 Å². The molecule has 11 nitrogen and oxygen atoms in total. The van der Waals surface area contributed by atoms with Crippen molar-refractivity contribution in [2.45, 2.75) is 16.0 Å². The molecule has 1 N–H and O–H groups in total. The fraction of sp³-hybridized carbons (Fsp3) is 0.111. The van der Waals surface area contributed by atoms with Crippen molar-refractivity contribution >= 4 is 48.3 Å². The van der Waals surface area contributed by atoms with E-state index in [1.165, 1.54) is 36.4 Å². The molecular formula is C27H18F3N5O6S2. The van der Waals surface area contributed by atoms with Crippen molar-refractivity contribution in [3.05, 3.63) is 90.1 Å². The summed E-state index contributed by atoms with van der Waals surface area (Å²) in [6, 6.07) is 17.6. The van der Waals surface area contributed by atoms with Crippen LogP contribution in [0.1, 0.15) is 11.1 Å². The maximum absolute atomic E-state index is 13.8. The van der Waals surface area contributed by atoms with Crippen LogP contribution >= 0.6 is 0 Å². The van der Waals surface area contributed by atoms with Gasteiger partial charge in [-0.3, -0.25) is 9.10 Å². The van der Waals surface area contributed by atoms with Gasteiger partial charge in [-0.05, 0) is 48.5 Å².